The minimum Gasteiger partial charge on any atom is -0.322 e. The molecular formula is C14H17ClF4N2O3S. The maximum absolute atomic E-state index is 13.8. The van der Waals surface area contributed by atoms with Gasteiger partial charge in [0.2, 0.25) is 5.91 Å². The Kier molecular flexibility index (Phi) is 6.47. The van der Waals surface area contributed by atoms with Crippen LogP contribution in [0.2, 0.25) is 0 Å². The van der Waals surface area contributed by atoms with Crippen molar-refractivity contribution in [2.45, 2.75) is 23.8 Å². The van der Waals surface area contributed by atoms with Crippen LogP contribution in [0.5, 0.6) is 0 Å². The van der Waals surface area contributed by atoms with Gasteiger partial charge in [-0.25, -0.2) is 12.8 Å². The standard InChI is InChI=1S/C14H16F4N2O3S.ClH/c1-24(22,23)13(4-6-19-7-5-13)12(21)20-11-8-9(14(16,17)18)2-3-10(11)15;/h2-3,8,19H,4-7H2,1H3,(H,20,21);1H. The van der Waals surface area contributed by atoms with Gasteiger partial charge in [0.1, 0.15) is 5.82 Å². The molecule has 1 aliphatic rings. The van der Waals surface area contributed by atoms with Crippen LogP contribution in [0.25, 0.3) is 0 Å². The molecule has 0 unspecified atom stereocenters. The summed E-state index contributed by atoms with van der Waals surface area (Å²) >= 11 is 0. The van der Waals surface area contributed by atoms with Gasteiger partial charge in [-0.15, -0.1) is 12.4 Å². The Labute approximate surface area is 148 Å². The molecule has 2 N–H and O–H groups in total. The number of piperidine rings is 1. The number of halogens is 5. The van der Waals surface area contributed by atoms with Crippen LogP contribution in [-0.2, 0) is 20.8 Å². The van der Waals surface area contributed by atoms with E-state index >= 15 is 0 Å². The molecule has 1 fully saturated rings. The van der Waals surface area contributed by atoms with Crippen LogP contribution in [0.3, 0.4) is 0 Å². The van der Waals surface area contributed by atoms with E-state index in [0.717, 1.165) is 6.26 Å². The number of carbonyl (C=O) groups is 1. The van der Waals surface area contributed by atoms with E-state index in [1.807, 2.05) is 5.32 Å². The molecule has 25 heavy (non-hydrogen) atoms. The van der Waals surface area contributed by atoms with Crippen molar-refractivity contribution >= 4 is 33.8 Å². The first-order valence-electron chi connectivity index (χ1n) is 7.06. The molecule has 0 radical (unpaired) electrons. The van der Waals surface area contributed by atoms with Gasteiger partial charge in [-0.05, 0) is 44.1 Å². The van der Waals surface area contributed by atoms with Crippen LogP contribution in [0.15, 0.2) is 18.2 Å². The number of hydrogen-bond donors (Lipinski definition) is 2. The monoisotopic (exact) mass is 404 g/mol. The number of alkyl halides is 3. The molecule has 0 aromatic heterocycles. The Morgan fingerprint density at radius 3 is 2.28 bits per heavy atom. The van der Waals surface area contributed by atoms with Crippen LogP contribution < -0.4 is 10.6 Å². The quantitative estimate of drug-likeness (QED) is 0.758. The average Bonchev–Trinajstić information content (AvgIpc) is 2.47. The third-order valence-corrected chi connectivity index (χ3v) is 6.09. The third kappa shape index (κ3) is 4.42. The van der Waals surface area contributed by atoms with Gasteiger partial charge in [0.25, 0.3) is 0 Å². The fourth-order valence-electron chi connectivity index (χ4n) is 2.63. The lowest BCUT2D eigenvalue weighted by atomic mass is 9.95. The average molecular weight is 405 g/mol. The SMILES string of the molecule is CS(=O)(=O)C1(C(=O)Nc2cc(C(F)(F)F)ccc2F)CCNCC1.Cl. The summed E-state index contributed by atoms with van der Waals surface area (Å²) in [4.78, 5) is 12.5. The van der Waals surface area contributed by atoms with E-state index in [2.05, 4.69) is 5.32 Å². The van der Waals surface area contributed by atoms with Gasteiger partial charge >= 0.3 is 6.18 Å². The third-order valence-electron chi connectivity index (χ3n) is 4.08. The van der Waals surface area contributed by atoms with Gasteiger partial charge in [0.05, 0.1) is 11.3 Å². The summed E-state index contributed by atoms with van der Waals surface area (Å²) in [6.45, 7) is 0.511. The highest BCUT2D eigenvalue weighted by Crippen LogP contribution is 2.33. The van der Waals surface area contributed by atoms with Gasteiger partial charge in [0, 0.05) is 6.26 Å². The van der Waals surface area contributed by atoms with Crippen molar-refractivity contribution in [2.24, 2.45) is 0 Å². The Balaban J connectivity index is 0.00000312. The Morgan fingerprint density at radius 1 is 1.24 bits per heavy atom. The first kappa shape index (κ1) is 21.7. The summed E-state index contributed by atoms with van der Waals surface area (Å²) in [6, 6.07) is 1.57. The first-order valence-corrected chi connectivity index (χ1v) is 8.95. The molecule has 1 aromatic rings. The minimum atomic E-state index is -4.71. The fraction of sp³-hybridized carbons (Fsp3) is 0.500. The van der Waals surface area contributed by atoms with Crippen molar-refractivity contribution in [1.29, 1.82) is 0 Å². The Morgan fingerprint density at radius 2 is 1.80 bits per heavy atom. The van der Waals surface area contributed by atoms with Gasteiger partial charge in [-0.3, -0.25) is 4.79 Å². The number of amides is 1. The lowest BCUT2D eigenvalue weighted by Gasteiger charge is -2.34. The zero-order valence-corrected chi connectivity index (χ0v) is 14.7. The van der Waals surface area contributed by atoms with Gasteiger partial charge in [-0.2, -0.15) is 13.2 Å². The molecule has 2 rings (SSSR count). The number of hydrogen-bond acceptors (Lipinski definition) is 4. The van der Waals surface area contributed by atoms with Crippen LogP contribution >= 0.6 is 12.4 Å². The number of carbonyl (C=O) groups excluding carboxylic acids is 1. The summed E-state index contributed by atoms with van der Waals surface area (Å²) in [6.07, 6.45) is -3.91. The molecule has 0 aliphatic carbocycles. The van der Waals surface area contributed by atoms with Crippen molar-refractivity contribution in [1.82, 2.24) is 5.32 Å². The molecule has 0 atom stereocenters. The predicted molar refractivity (Wildman–Crippen MR) is 87.0 cm³/mol. The number of anilines is 1. The van der Waals surface area contributed by atoms with E-state index in [1.54, 1.807) is 0 Å². The molecule has 1 saturated heterocycles. The second kappa shape index (κ2) is 7.46. The van der Waals surface area contributed by atoms with E-state index < -0.39 is 43.7 Å². The largest absolute Gasteiger partial charge is 0.416 e. The highest BCUT2D eigenvalue weighted by atomic mass is 35.5. The summed E-state index contributed by atoms with van der Waals surface area (Å²) in [5.41, 5.74) is -1.84. The van der Waals surface area contributed by atoms with Crippen molar-refractivity contribution in [3.8, 4) is 0 Å². The van der Waals surface area contributed by atoms with E-state index in [1.165, 1.54) is 0 Å². The maximum Gasteiger partial charge on any atom is 0.416 e. The lowest BCUT2D eigenvalue weighted by Crippen LogP contribution is -2.55. The summed E-state index contributed by atoms with van der Waals surface area (Å²) in [5.74, 6) is -2.10. The van der Waals surface area contributed by atoms with Crippen molar-refractivity contribution in [3.63, 3.8) is 0 Å². The molecular weight excluding hydrogens is 388 g/mol. The lowest BCUT2D eigenvalue weighted by molar-refractivity contribution is -0.137. The molecule has 1 aliphatic heterocycles. The smallest absolute Gasteiger partial charge is 0.322 e. The number of sulfone groups is 1. The highest BCUT2D eigenvalue weighted by molar-refractivity contribution is 7.92. The molecule has 5 nitrogen and oxygen atoms in total. The molecule has 1 aromatic carbocycles. The maximum atomic E-state index is 13.8. The highest BCUT2D eigenvalue weighted by Gasteiger charge is 2.48. The summed E-state index contributed by atoms with van der Waals surface area (Å²) in [5, 5.41) is 4.92. The van der Waals surface area contributed by atoms with E-state index in [-0.39, 0.29) is 38.3 Å². The van der Waals surface area contributed by atoms with Crippen LogP contribution in [-0.4, -0.2) is 38.4 Å². The van der Waals surface area contributed by atoms with Crippen molar-refractivity contribution < 1.29 is 30.8 Å². The van der Waals surface area contributed by atoms with Gasteiger partial charge < -0.3 is 10.6 Å². The molecule has 0 spiro atoms. The first-order chi connectivity index (χ1) is 11.0. The number of rotatable bonds is 3. The number of benzene rings is 1. The molecule has 0 bridgehead atoms. The summed E-state index contributed by atoms with van der Waals surface area (Å²) in [7, 11) is -3.85. The molecule has 0 saturated carbocycles. The van der Waals surface area contributed by atoms with E-state index in [4.69, 9.17) is 0 Å². The molecule has 1 amide bonds. The molecule has 142 valence electrons. The van der Waals surface area contributed by atoms with Gasteiger partial charge in [0.15, 0.2) is 14.6 Å². The van der Waals surface area contributed by atoms with Gasteiger partial charge in [-0.1, -0.05) is 0 Å². The molecule has 1 heterocycles. The number of nitrogens with one attached hydrogen (secondary N) is 2. The predicted octanol–water partition coefficient (Wildman–Crippen LogP) is 2.37. The molecule has 11 heteroatoms. The second-order valence-corrected chi connectivity index (χ2v) is 7.99. The zero-order chi connectivity index (χ0) is 18.2. The Hall–Kier alpha value is -1.39. The Bertz CT molecular complexity index is 747. The zero-order valence-electron chi connectivity index (χ0n) is 13.1. The van der Waals surface area contributed by atoms with Crippen LogP contribution in [0.1, 0.15) is 18.4 Å². The van der Waals surface area contributed by atoms with Crippen LogP contribution in [0.4, 0.5) is 23.2 Å². The van der Waals surface area contributed by atoms with E-state index in [0.29, 0.717) is 18.2 Å². The van der Waals surface area contributed by atoms with E-state index in [9.17, 15) is 30.8 Å². The fourth-order valence-corrected chi connectivity index (χ4v) is 3.96. The van der Waals surface area contributed by atoms with Crippen molar-refractivity contribution in [3.05, 3.63) is 29.6 Å². The topological polar surface area (TPSA) is 75.3 Å². The normalized spacial score (nSPS) is 17.5. The van der Waals surface area contributed by atoms with Crippen LogP contribution in [0, 0.1) is 5.82 Å². The van der Waals surface area contributed by atoms with Crippen molar-refractivity contribution in [2.75, 3.05) is 24.7 Å². The second-order valence-electron chi connectivity index (χ2n) is 5.66. The summed E-state index contributed by atoms with van der Waals surface area (Å²) < 4.78 is 74.3. The minimum absolute atomic E-state index is 0.